The van der Waals surface area contributed by atoms with Crippen molar-refractivity contribution >= 4 is 5.57 Å². The van der Waals surface area contributed by atoms with Crippen LogP contribution < -0.4 is 5.73 Å². The molecule has 1 aromatic carbocycles. The number of benzene rings is 1. The molecule has 0 bridgehead atoms. The van der Waals surface area contributed by atoms with Gasteiger partial charge in [-0.15, -0.1) is 0 Å². The summed E-state index contributed by atoms with van der Waals surface area (Å²) in [4.78, 5) is 0. The zero-order valence-corrected chi connectivity index (χ0v) is 6.86. The number of rotatable bonds is 1. The molecule has 0 fully saturated rings. The van der Waals surface area contributed by atoms with Crippen molar-refractivity contribution in [2.24, 2.45) is 5.73 Å². The number of nitriles is 2. The van der Waals surface area contributed by atoms with Crippen molar-refractivity contribution in [2.45, 2.75) is 0 Å². The van der Waals surface area contributed by atoms with E-state index in [9.17, 15) is 0 Å². The third kappa shape index (κ3) is 1.85. The van der Waals surface area contributed by atoms with Gasteiger partial charge in [-0.3, -0.25) is 0 Å². The lowest BCUT2D eigenvalue weighted by atomic mass is 10.1. The van der Waals surface area contributed by atoms with E-state index in [2.05, 4.69) is 0 Å². The smallest absolute Gasteiger partial charge is 0.129 e. The second kappa shape index (κ2) is 3.94. The van der Waals surface area contributed by atoms with Crippen LogP contribution in [0.15, 0.2) is 36.0 Å². The standard InChI is InChI=1S/C10H7N3/c11-6-9(10(13)7-12)8-4-2-1-3-5-8/h1-5H,13H2/b10-9-. The summed E-state index contributed by atoms with van der Waals surface area (Å²) < 4.78 is 0. The summed E-state index contributed by atoms with van der Waals surface area (Å²) in [6, 6.07) is 12.5. The number of allylic oxidation sites excluding steroid dienone is 2. The summed E-state index contributed by atoms with van der Waals surface area (Å²) in [7, 11) is 0. The molecule has 0 saturated carbocycles. The zero-order chi connectivity index (χ0) is 9.68. The fraction of sp³-hybridized carbons (Fsp3) is 0. The fourth-order valence-electron chi connectivity index (χ4n) is 0.941. The lowest BCUT2D eigenvalue weighted by molar-refractivity contribution is 1.38. The summed E-state index contributed by atoms with van der Waals surface area (Å²) in [5.74, 6) is 0. The number of nitrogens with two attached hydrogens (primary N) is 1. The largest absolute Gasteiger partial charge is 0.389 e. The Morgan fingerprint density at radius 3 is 2.15 bits per heavy atom. The van der Waals surface area contributed by atoms with Gasteiger partial charge in [-0.05, 0) is 5.56 Å². The van der Waals surface area contributed by atoms with Crippen molar-refractivity contribution in [3.05, 3.63) is 41.6 Å². The second-order valence-corrected chi connectivity index (χ2v) is 2.38. The van der Waals surface area contributed by atoms with Crippen molar-refractivity contribution in [3.8, 4) is 12.1 Å². The quantitative estimate of drug-likeness (QED) is 0.646. The van der Waals surface area contributed by atoms with E-state index in [1.54, 1.807) is 30.3 Å². The lowest BCUT2D eigenvalue weighted by Crippen LogP contribution is -1.98. The Hall–Kier alpha value is -2.26. The molecule has 62 valence electrons. The molecular formula is C10H7N3. The monoisotopic (exact) mass is 169 g/mol. The van der Waals surface area contributed by atoms with E-state index in [1.165, 1.54) is 0 Å². The Bertz CT molecular complexity index is 404. The molecule has 0 atom stereocenters. The summed E-state index contributed by atoms with van der Waals surface area (Å²) in [6.45, 7) is 0. The first-order valence-corrected chi connectivity index (χ1v) is 3.65. The minimum atomic E-state index is -0.0475. The second-order valence-electron chi connectivity index (χ2n) is 2.38. The SMILES string of the molecule is N#C/C(N)=C(\C#N)c1ccccc1. The highest BCUT2D eigenvalue weighted by Gasteiger charge is 2.03. The van der Waals surface area contributed by atoms with Crippen LogP contribution in [0.1, 0.15) is 5.56 Å². The van der Waals surface area contributed by atoms with E-state index in [0.29, 0.717) is 5.56 Å². The van der Waals surface area contributed by atoms with Gasteiger partial charge in [0.15, 0.2) is 0 Å². The Morgan fingerprint density at radius 1 is 1.08 bits per heavy atom. The number of nitrogens with zero attached hydrogens (tertiary/aromatic N) is 2. The summed E-state index contributed by atoms with van der Waals surface area (Å²) in [5.41, 5.74) is 6.20. The van der Waals surface area contributed by atoms with Crippen LogP contribution in [0.4, 0.5) is 0 Å². The molecule has 0 amide bonds. The van der Waals surface area contributed by atoms with Crippen molar-refractivity contribution in [1.29, 1.82) is 10.5 Å². The fourth-order valence-corrected chi connectivity index (χ4v) is 0.941. The maximum atomic E-state index is 8.74. The molecule has 0 aliphatic heterocycles. The molecule has 0 heterocycles. The van der Waals surface area contributed by atoms with Gasteiger partial charge < -0.3 is 5.73 Å². The van der Waals surface area contributed by atoms with Gasteiger partial charge in [-0.1, -0.05) is 30.3 Å². The highest BCUT2D eigenvalue weighted by molar-refractivity contribution is 5.80. The molecular weight excluding hydrogens is 162 g/mol. The maximum absolute atomic E-state index is 8.74. The van der Waals surface area contributed by atoms with Crippen LogP contribution in [0.5, 0.6) is 0 Å². The summed E-state index contributed by atoms with van der Waals surface area (Å²) >= 11 is 0. The summed E-state index contributed by atoms with van der Waals surface area (Å²) in [6.07, 6.45) is 0. The van der Waals surface area contributed by atoms with E-state index in [1.807, 2.05) is 12.1 Å². The van der Waals surface area contributed by atoms with Gasteiger partial charge in [0, 0.05) is 0 Å². The zero-order valence-electron chi connectivity index (χ0n) is 6.86. The van der Waals surface area contributed by atoms with Gasteiger partial charge in [0.2, 0.25) is 0 Å². The molecule has 0 aromatic heterocycles. The van der Waals surface area contributed by atoms with E-state index >= 15 is 0 Å². The van der Waals surface area contributed by atoms with Crippen LogP contribution in [0.25, 0.3) is 5.57 Å². The van der Waals surface area contributed by atoms with Crippen molar-refractivity contribution in [1.82, 2.24) is 0 Å². The number of hydrogen-bond donors (Lipinski definition) is 1. The van der Waals surface area contributed by atoms with E-state index < -0.39 is 0 Å². The normalized spacial score (nSPS) is 10.9. The molecule has 0 spiro atoms. The molecule has 0 unspecified atom stereocenters. The van der Waals surface area contributed by atoms with Gasteiger partial charge in [-0.2, -0.15) is 10.5 Å². The Morgan fingerprint density at radius 2 is 1.69 bits per heavy atom. The van der Waals surface area contributed by atoms with Gasteiger partial charge >= 0.3 is 0 Å². The minimum Gasteiger partial charge on any atom is -0.389 e. The molecule has 0 aliphatic carbocycles. The van der Waals surface area contributed by atoms with Gasteiger partial charge in [-0.25, -0.2) is 0 Å². The van der Waals surface area contributed by atoms with Crippen LogP contribution >= 0.6 is 0 Å². The maximum Gasteiger partial charge on any atom is 0.129 e. The minimum absolute atomic E-state index is 0.0475. The van der Waals surface area contributed by atoms with Crippen LogP contribution in [0.2, 0.25) is 0 Å². The molecule has 1 aromatic rings. The highest BCUT2D eigenvalue weighted by atomic mass is 14.6. The Balaban J connectivity index is 3.25. The average molecular weight is 169 g/mol. The van der Waals surface area contributed by atoms with E-state index in [0.717, 1.165) is 0 Å². The van der Waals surface area contributed by atoms with Crippen molar-refractivity contribution < 1.29 is 0 Å². The molecule has 2 N–H and O–H groups in total. The molecule has 0 saturated heterocycles. The van der Waals surface area contributed by atoms with Crippen LogP contribution in [-0.4, -0.2) is 0 Å². The predicted molar refractivity (Wildman–Crippen MR) is 48.8 cm³/mol. The molecule has 3 heteroatoms. The first-order valence-electron chi connectivity index (χ1n) is 3.65. The van der Waals surface area contributed by atoms with Crippen molar-refractivity contribution in [3.63, 3.8) is 0 Å². The third-order valence-corrected chi connectivity index (χ3v) is 1.56. The van der Waals surface area contributed by atoms with E-state index in [-0.39, 0.29) is 11.3 Å². The Labute approximate surface area is 76.3 Å². The van der Waals surface area contributed by atoms with Gasteiger partial charge in [0.1, 0.15) is 17.8 Å². The molecule has 0 aliphatic rings. The topological polar surface area (TPSA) is 73.6 Å². The summed E-state index contributed by atoms with van der Waals surface area (Å²) in [5, 5.41) is 17.3. The van der Waals surface area contributed by atoms with Crippen molar-refractivity contribution in [2.75, 3.05) is 0 Å². The molecule has 0 radical (unpaired) electrons. The van der Waals surface area contributed by atoms with Gasteiger partial charge in [0.05, 0.1) is 5.57 Å². The predicted octanol–water partition coefficient (Wildman–Crippen LogP) is 1.40. The van der Waals surface area contributed by atoms with Crippen LogP contribution in [-0.2, 0) is 0 Å². The molecule has 13 heavy (non-hydrogen) atoms. The highest BCUT2D eigenvalue weighted by Crippen LogP contribution is 2.14. The first kappa shape index (κ1) is 8.83. The average Bonchev–Trinajstić information content (AvgIpc) is 2.20. The first-order chi connectivity index (χ1) is 6.29. The molecule has 3 nitrogen and oxygen atoms in total. The lowest BCUT2D eigenvalue weighted by Gasteiger charge is -1.97. The number of hydrogen-bond acceptors (Lipinski definition) is 3. The van der Waals surface area contributed by atoms with Crippen LogP contribution in [0.3, 0.4) is 0 Å². The Kier molecular flexibility index (Phi) is 2.68. The molecule has 1 rings (SSSR count). The van der Waals surface area contributed by atoms with Crippen LogP contribution in [0, 0.1) is 22.7 Å². The van der Waals surface area contributed by atoms with Gasteiger partial charge in [0.25, 0.3) is 0 Å². The van der Waals surface area contributed by atoms with E-state index in [4.69, 9.17) is 16.3 Å². The third-order valence-electron chi connectivity index (χ3n) is 1.56.